The molecule has 0 aromatic rings. The summed E-state index contributed by atoms with van der Waals surface area (Å²) in [6, 6.07) is 2.02. The molecule has 0 aliphatic carbocycles. The van der Waals surface area contributed by atoms with Gasteiger partial charge in [-0.3, -0.25) is 9.79 Å². The van der Waals surface area contributed by atoms with Crippen molar-refractivity contribution in [3.63, 3.8) is 0 Å². The van der Waals surface area contributed by atoms with Gasteiger partial charge in [0, 0.05) is 26.9 Å². The van der Waals surface area contributed by atoms with E-state index in [0.29, 0.717) is 31.8 Å². The molecule has 0 aliphatic heterocycles. The predicted molar refractivity (Wildman–Crippen MR) is 105 cm³/mol. The standard InChI is InChI=1S/C17H31N4O5P/c1-4-5-12-24-27(25-13-6-9-18)26-14-16(23-3)7-10-21(15-22)11-8-17(19)20-2/h8,11,15-16H,4-7,10,12-14H2,1-3H3,(H2,19,20)/b11-8-. The van der Waals surface area contributed by atoms with Gasteiger partial charge in [0.25, 0.3) is 0 Å². The molecule has 0 fully saturated rings. The Balaban J connectivity index is 4.43. The van der Waals surface area contributed by atoms with Crippen molar-refractivity contribution in [3.05, 3.63) is 12.3 Å². The van der Waals surface area contributed by atoms with Gasteiger partial charge in [-0.05, 0) is 18.9 Å². The minimum Gasteiger partial charge on any atom is -0.384 e. The van der Waals surface area contributed by atoms with Crippen LogP contribution in [0.1, 0.15) is 32.6 Å². The predicted octanol–water partition coefficient (Wildman–Crippen LogP) is 2.34. The van der Waals surface area contributed by atoms with Gasteiger partial charge in [-0.1, -0.05) is 13.3 Å². The molecule has 2 atom stereocenters. The molecule has 0 heterocycles. The van der Waals surface area contributed by atoms with Crippen LogP contribution in [-0.2, 0) is 23.1 Å². The summed E-state index contributed by atoms with van der Waals surface area (Å²) in [6.45, 7) is 3.56. The highest BCUT2D eigenvalue weighted by Gasteiger charge is 2.17. The molecule has 1 amide bonds. The van der Waals surface area contributed by atoms with Crippen LogP contribution in [0.15, 0.2) is 17.3 Å². The summed E-state index contributed by atoms with van der Waals surface area (Å²) in [7, 11) is 1.62. The number of carbonyl (C=O) groups is 1. The van der Waals surface area contributed by atoms with Crippen molar-refractivity contribution in [2.45, 2.75) is 38.7 Å². The van der Waals surface area contributed by atoms with Gasteiger partial charge < -0.3 is 28.9 Å². The molecule has 10 heteroatoms. The molecular weight excluding hydrogens is 371 g/mol. The average molecular weight is 402 g/mol. The normalized spacial score (nSPS) is 14.1. The maximum atomic E-state index is 11.1. The van der Waals surface area contributed by atoms with Crippen LogP contribution in [0.2, 0.25) is 0 Å². The Labute approximate surface area is 163 Å². The largest absolute Gasteiger partial charge is 0.384 e. The van der Waals surface area contributed by atoms with Crippen molar-refractivity contribution >= 4 is 20.8 Å². The number of rotatable bonds is 17. The van der Waals surface area contributed by atoms with Gasteiger partial charge >= 0.3 is 8.60 Å². The third-order valence-electron chi connectivity index (χ3n) is 3.34. The Morgan fingerprint density at radius 2 is 2.11 bits per heavy atom. The molecule has 0 radical (unpaired) electrons. The minimum atomic E-state index is -1.53. The summed E-state index contributed by atoms with van der Waals surface area (Å²) in [4.78, 5) is 16.4. The molecule has 0 aromatic carbocycles. The lowest BCUT2D eigenvalue weighted by atomic mass is 10.2. The number of nitrogens with zero attached hydrogens (tertiary/aromatic N) is 3. The Bertz CT molecular complexity index is 484. The fourth-order valence-corrected chi connectivity index (χ4v) is 2.71. The van der Waals surface area contributed by atoms with Gasteiger partial charge in [-0.25, -0.2) is 0 Å². The number of hydrogen-bond donors (Lipinski definition) is 1. The van der Waals surface area contributed by atoms with E-state index in [1.54, 1.807) is 26.4 Å². The summed E-state index contributed by atoms with van der Waals surface area (Å²) >= 11 is 0. The van der Waals surface area contributed by atoms with E-state index in [9.17, 15) is 4.79 Å². The van der Waals surface area contributed by atoms with Crippen LogP contribution in [0.3, 0.4) is 0 Å². The van der Waals surface area contributed by atoms with E-state index in [-0.39, 0.29) is 25.7 Å². The lowest BCUT2D eigenvalue weighted by Gasteiger charge is -2.21. The summed E-state index contributed by atoms with van der Waals surface area (Å²) in [5, 5.41) is 8.61. The van der Waals surface area contributed by atoms with Gasteiger partial charge in [0.05, 0.1) is 38.4 Å². The number of ether oxygens (including phenoxy) is 1. The Morgan fingerprint density at radius 3 is 2.70 bits per heavy atom. The fraction of sp³-hybridized carbons (Fsp3) is 0.706. The zero-order valence-electron chi connectivity index (χ0n) is 16.4. The first-order valence-electron chi connectivity index (χ1n) is 8.81. The van der Waals surface area contributed by atoms with E-state index in [1.807, 2.05) is 6.07 Å². The van der Waals surface area contributed by atoms with Crippen molar-refractivity contribution in [1.29, 1.82) is 5.26 Å². The lowest BCUT2D eigenvalue weighted by Crippen LogP contribution is -2.26. The molecular formula is C17H31N4O5P. The average Bonchev–Trinajstić information content (AvgIpc) is 2.69. The number of nitrogens with two attached hydrogens (primary N) is 1. The van der Waals surface area contributed by atoms with Gasteiger partial charge in [-0.2, -0.15) is 5.26 Å². The molecule has 0 saturated carbocycles. The molecule has 0 rings (SSSR count). The molecule has 0 aliphatic rings. The third kappa shape index (κ3) is 14.2. The van der Waals surface area contributed by atoms with E-state index < -0.39 is 8.60 Å². The summed E-state index contributed by atoms with van der Waals surface area (Å²) < 4.78 is 22.2. The van der Waals surface area contributed by atoms with Gasteiger partial charge in [0.1, 0.15) is 5.84 Å². The smallest absolute Gasteiger partial charge is 0.332 e. The molecule has 9 nitrogen and oxygen atoms in total. The van der Waals surface area contributed by atoms with Gasteiger partial charge in [0.15, 0.2) is 0 Å². The molecule has 27 heavy (non-hydrogen) atoms. The van der Waals surface area contributed by atoms with Crippen molar-refractivity contribution in [2.24, 2.45) is 10.7 Å². The van der Waals surface area contributed by atoms with E-state index >= 15 is 0 Å². The molecule has 154 valence electrons. The number of nitriles is 1. The SMILES string of the molecule is CCCCOP(OCCC#N)OCC(CCN(C=O)/C=C\C(N)=NC)OC. The summed E-state index contributed by atoms with van der Waals surface area (Å²) in [5.41, 5.74) is 5.57. The zero-order chi connectivity index (χ0) is 20.3. The second kappa shape index (κ2) is 17.8. The van der Waals surface area contributed by atoms with Crippen molar-refractivity contribution in [1.82, 2.24) is 4.90 Å². The van der Waals surface area contributed by atoms with Crippen molar-refractivity contribution < 1.29 is 23.1 Å². The van der Waals surface area contributed by atoms with Crippen LogP contribution >= 0.6 is 8.60 Å². The van der Waals surface area contributed by atoms with Crippen LogP contribution in [-0.4, -0.2) is 63.8 Å². The van der Waals surface area contributed by atoms with E-state index in [0.717, 1.165) is 12.8 Å². The lowest BCUT2D eigenvalue weighted by molar-refractivity contribution is -0.116. The number of amidine groups is 1. The number of aliphatic imine (C=N–C) groups is 1. The maximum absolute atomic E-state index is 11.1. The van der Waals surface area contributed by atoms with E-state index in [2.05, 4.69) is 11.9 Å². The third-order valence-corrected chi connectivity index (χ3v) is 4.49. The minimum absolute atomic E-state index is 0.239. The first kappa shape index (κ1) is 25.4. The summed E-state index contributed by atoms with van der Waals surface area (Å²) in [6.07, 6.45) is 6.32. The molecule has 0 saturated heterocycles. The first-order chi connectivity index (χ1) is 13.1. The Morgan fingerprint density at radius 1 is 1.37 bits per heavy atom. The van der Waals surface area contributed by atoms with Crippen LogP contribution in [0, 0.1) is 11.3 Å². The highest BCUT2D eigenvalue weighted by atomic mass is 31.2. The van der Waals surface area contributed by atoms with Gasteiger partial charge in [-0.15, -0.1) is 0 Å². The number of carbonyl (C=O) groups excluding carboxylic acids is 1. The molecule has 0 bridgehead atoms. The van der Waals surface area contributed by atoms with Crippen LogP contribution in [0.4, 0.5) is 0 Å². The number of amides is 1. The molecule has 0 spiro atoms. The van der Waals surface area contributed by atoms with Gasteiger partial charge in [0.2, 0.25) is 6.41 Å². The topological polar surface area (TPSA) is 119 Å². The summed E-state index contributed by atoms with van der Waals surface area (Å²) in [5.74, 6) is 0.331. The Kier molecular flexibility index (Phi) is 16.8. The number of methoxy groups -OCH3 is 1. The van der Waals surface area contributed by atoms with E-state index in [1.165, 1.54) is 4.90 Å². The van der Waals surface area contributed by atoms with Crippen LogP contribution < -0.4 is 5.73 Å². The Hall–Kier alpha value is -1.56. The monoisotopic (exact) mass is 402 g/mol. The fourth-order valence-electron chi connectivity index (χ4n) is 1.68. The second-order valence-electron chi connectivity index (χ2n) is 5.40. The zero-order valence-corrected chi connectivity index (χ0v) is 17.3. The second-order valence-corrected chi connectivity index (χ2v) is 6.62. The molecule has 0 aromatic heterocycles. The van der Waals surface area contributed by atoms with Crippen molar-refractivity contribution in [3.8, 4) is 6.07 Å². The van der Waals surface area contributed by atoms with Crippen LogP contribution in [0.25, 0.3) is 0 Å². The van der Waals surface area contributed by atoms with Crippen molar-refractivity contribution in [2.75, 3.05) is 40.5 Å². The van der Waals surface area contributed by atoms with E-state index in [4.69, 9.17) is 29.3 Å². The highest BCUT2D eigenvalue weighted by molar-refractivity contribution is 7.41. The molecule has 2 unspecified atom stereocenters. The van der Waals surface area contributed by atoms with Crippen LogP contribution in [0.5, 0.6) is 0 Å². The number of unbranched alkanes of at least 4 members (excludes halogenated alkanes) is 1. The quantitative estimate of drug-likeness (QED) is 0.130. The highest BCUT2D eigenvalue weighted by Crippen LogP contribution is 2.40. The maximum Gasteiger partial charge on any atom is 0.332 e. The number of hydrogen-bond acceptors (Lipinski definition) is 7. The molecule has 2 N–H and O–H groups in total. The first-order valence-corrected chi connectivity index (χ1v) is 9.90.